The maximum absolute atomic E-state index is 13.2. The van der Waals surface area contributed by atoms with Crippen molar-refractivity contribution in [3.63, 3.8) is 0 Å². The quantitative estimate of drug-likeness (QED) is 0.642. The Morgan fingerprint density at radius 3 is 2.47 bits per heavy atom. The molecular weight excluding hydrogens is 428 g/mol. The molecule has 2 unspecified atom stereocenters. The Kier molecular flexibility index (Phi) is 6.43. The molecule has 0 amide bonds. The maximum atomic E-state index is 13.2. The van der Waals surface area contributed by atoms with Crippen LogP contribution in [-0.4, -0.2) is 43.4 Å². The Labute approximate surface area is 202 Å². The van der Waals surface area contributed by atoms with Crippen molar-refractivity contribution in [1.82, 2.24) is 0 Å². The predicted molar refractivity (Wildman–Crippen MR) is 130 cm³/mol. The number of methoxy groups -OCH3 is 1. The lowest BCUT2D eigenvalue weighted by Crippen LogP contribution is -2.33. The van der Waals surface area contributed by atoms with Crippen molar-refractivity contribution in [2.45, 2.75) is 64.1 Å². The third kappa shape index (κ3) is 4.25. The molecule has 0 bridgehead atoms. The van der Waals surface area contributed by atoms with Gasteiger partial charge in [-0.2, -0.15) is 0 Å². The number of fused-ring (bicyclic) bond motifs is 1. The van der Waals surface area contributed by atoms with E-state index < -0.39 is 6.10 Å². The van der Waals surface area contributed by atoms with Crippen LogP contribution in [0.5, 0.6) is 11.5 Å². The summed E-state index contributed by atoms with van der Waals surface area (Å²) in [4.78, 5) is 13.2. The molecule has 5 rings (SSSR count). The molecule has 5 atom stereocenters. The third-order valence-electron chi connectivity index (χ3n) is 8.59. The Bertz CT molecular complexity index is 1020. The summed E-state index contributed by atoms with van der Waals surface area (Å²) >= 11 is 0. The van der Waals surface area contributed by atoms with Gasteiger partial charge in [0.15, 0.2) is 11.5 Å². The Hall–Kier alpha value is -2.37. The van der Waals surface area contributed by atoms with Crippen LogP contribution < -0.4 is 9.47 Å². The van der Waals surface area contributed by atoms with Gasteiger partial charge in [-0.1, -0.05) is 37.3 Å². The normalized spacial score (nSPS) is 29.7. The number of ketones is 1. The number of carbonyl (C=O) groups is 1. The van der Waals surface area contributed by atoms with Crippen molar-refractivity contribution >= 4 is 5.78 Å². The van der Waals surface area contributed by atoms with Crippen LogP contribution in [0.25, 0.3) is 0 Å². The number of Topliss-reactive ketones (excluding diaryl/α,β-unsaturated/α-hetero) is 1. The summed E-state index contributed by atoms with van der Waals surface area (Å²) in [6, 6.07) is 14.6. The number of aliphatic hydroxyl groups is 1. The highest BCUT2D eigenvalue weighted by Gasteiger charge is 2.50. The first kappa shape index (κ1) is 23.4. The Morgan fingerprint density at radius 1 is 1.12 bits per heavy atom. The minimum atomic E-state index is -0.522. The molecule has 2 aromatic rings. The second-order valence-corrected chi connectivity index (χ2v) is 10.7. The van der Waals surface area contributed by atoms with Crippen LogP contribution in [0.4, 0.5) is 0 Å². The summed E-state index contributed by atoms with van der Waals surface area (Å²) < 4.78 is 17.6. The average Bonchev–Trinajstić information content (AvgIpc) is 3.57. The first-order valence-electron chi connectivity index (χ1n) is 12.6. The summed E-state index contributed by atoms with van der Waals surface area (Å²) in [7, 11) is 1.67. The summed E-state index contributed by atoms with van der Waals surface area (Å²) in [5.74, 6) is 1.78. The fraction of sp³-hybridized carbons (Fsp3) is 0.552. The van der Waals surface area contributed by atoms with Gasteiger partial charge in [0.1, 0.15) is 11.9 Å². The monoisotopic (exact) mass is 464 g/mol. The fourth-order valence-corrected chi connectivity index (χ4v) is 6.38. The molecule has 0 radical (unpaired) electrons. The van der Waals surface area contributed by atoms with Crippen molar-refractivity contribution in [2.24, 2.45) is 17.3 Å². The van der Waals surface area contributed by atoms with E-state index in [4.69, 9.17) is 14.2 Å². The van der Waals surface area contributed by atoms with Crippen LogP contribution in [0.15, 0.2) is 42.5 Å². The van der Waals surface area contributed by atoms with E-state index in [9.17, 15) is 9.90 Å². The van der Waals surface area contributed by atoms with Crippen molar-refractivity contribution in [3.8, 4) is 11.5 Å². The van der Waals surface area contributed by atoms with Crippen LogP contribution >= 0.6 is 0 Å². The summed E-state index contributed by atoms with van der Waals surface area (Å²) in [6.07, 6.45) is 3.59. The van der Waals surface area contributed by atoms with Gasteiger partial charge < -0.3 is 19.3 Å². The smallest absolute Gasteiger partial charge is 0.161 e. The number of hydrogen-bond donors (Lipinski definition) is 1. The zero-order valence-corrected chi connectivity index (χ0v) is 20.5. The standard InChI is InChI=1S/C29H36O5/c1-18(30)29(2)16-23(28(31)22-10-11-33-17-22)14-25(29)21-8-9-26(32-3)27(15-21)34-24-12-19-6-4-5-7-20(19)13-24/h4-9,15,18,22-25,30H,10-14,16-17H2,1-3H3/t18-,22-,23?,25+,29?/m1/s1. The molecule has 1 saturated carbocycles. The van der Waals surface area contributed by atoms with Crippen molar-refractivity contribution in [2.75, 3.05) is 20.3 Å². The minimum absolute atomic E-state index is 0.000703. The van der Waals surface area contributed by atoms with Gasteiger partial charge in [0, 0.05) is 36.7 Å². The Morgan fingerprint density at radius 2 is 1.85 bits per heavy atom. The molecule has 2 aliphatic carbocycles. The van der Waals surface area contributed by atoms with E-state index in [1.54, 1.807) is 7.11 Å². The highest BCUT2D eigenvalue weighted by molar-refractivity contribution is 5.84. The van der Waals surface area contributed by atoms with Gasteiger partial charge in [0.05, 0.1) is 19.8 Å². The lowest BCUT2D eigenvalue weighted by molar-refractivity contribution is -0.127. The molecule has 182 valence electrons. The fourth-order valence-electron chi connectivity index (χ4n) is 6.38. The number of carbonyl (C=O) groups excluding carboxylic acids is 1. The van der Waals surface area contributed by atoms with Gasteiger partial charge in [-0.15, -0.1) is 0 Å². The van der Waals surface area contributed by atoms with Crippen LogP contribution in [-0.2, 0) is 22.4 Å². The van der Waals surface area contributed by atoms with Crippen molar-refractivity contribution in [3.05, 3.63) is 59.2 Å². The van der Waals surface area contributed by atoms with E-state index in [2.05, 4.69) is 43.3 Å². The Balaban J connectivity index is 1.40. The van der Waals surface area contributed by atoms with E-state index in [1.165, 1.54) is 11.1 Å². The molecule has 5 heteroatoms. The van der Waals surface area contributed by atoms with Crippen LogP contribution in [0.3, 0.4) is 0 Å². The zero-order chi connectivity index (χ0) is 23.9. The zero-order valence-electron chi connectivity index (χ0n) is 20.5. The molecule has 1 aliphatic heterocycles. The maximum Gasteiger partial charge on any atom is 0.161 e. The lowest BCUT2D eigenvalue weighted by atomic mass is 9.72. The predicted octanol–water partition coefficient (Wildman–Crippen LogP) is 4.73. The molecule has 1 N–H and O–H groups in total. The minimum Gasteiger partial charge on any atom is -0.493 e. The largest absolute Gasteiger partial charge is 0.493 e. The molecule has 5 nitrogen and oxygen atoms in total. The van der Waals surface area contributed by atoms with Crippen molar-refractivity contribution in [1.29, 1.82) is 0 Å². The van der Waals surface area contributed by atoms with Crippen LogP contribution in [0, 0.1) is 17.3 Å². The molecule has 0 spiro atoms. The molecule has 34 heavy (non-hydrogen) atoms. The lowest BCUT2D eigenvalue weighted by Gasteiger charge is -2.35. The van der Waals surface area contributed by atoms with E-state index in [1.807, 2.05) is 13.0 Å². The number of hydrogen-bond acceptors (Lipinski definition) is 5. The van der Waals surface area contributed by atoms with E-state index in [-0.39, 0.29) is 29.3 Å². The van der Waals surface area contributed by atoms with Gasteiger partial charge in [-0.05, 0) is 60.9 Å². The average molecular weight is 465 g/mol. The van der Waals surface area contributed by atoms with E-state index in [0.717, 1.165) is 37.0 Å². The molecular formula is C29H36O5. The first-order valence-corrected chi connectivity index (χ1v) is 12.6. The van der Waals surface area contributed by atoms with Gasteiger partial charge in [-0.3, -0.25) is 4.79 Å². The first-order chi connectivity index (χ1) is 16.4. The summed E-state index contributed by atoms with van der Waals surface area (Å²) in [5.41, 5.74) is 3.41. The molecule has 2 fully saturated rings. The number of aliphatic hydroxyl groups excluding tert-OH is 1. The highest BCUT2D eigenvalue weighted by atomic mass is 16.5. The molecule has 1 saturated heterocycles. The van der Waals surface area contributed by atoms with Crippen molar-refractivity contribution < 1.29 is 24.1 Å². The SMILES string of the molecule is COc1ccc([C@@H]2CC(C(=O)[C@@H]3CCOC3)CC2(C)[C@@H](C)O)cc1OC1Cc2ccccc2C1. The summed E-state index contributed by atoms with van der Waals surface area (Å²) in [6.45, 7) is 5.19. The summed E-state index contributed by atoms with van der Waals surface area (Å²) in [5, 5.41) is 10.8. The van der Waals surface area contributed by atoms with Gasteiger partial charge in [0.25, 0.3) is 0 Å². The number of rotatable bonds is 7. The molecule has 1 heterocycles. The number of benzene rings is 2. The van der Waals surface area contributed by atoms with Gasteiger partial charge in [-0.25, -0.2) is 0 Å². The number of ether oxygens (including phenoxy) is 3. The topological polar surface area (TPSA) is 65.0 Å². The van der Waals surface area contributed by atoms with Crippen LogP contribution in [0.1, 0.15) is 55.7 Å². The third-order valence-corrected chi connectivity index (χ3v) is 8.59. The van der Waals surface area contributed by atoms with E-state index in [0.29, 0.717) is 31.2 Å². The molecule has 3 aliphatic rings. The van der Waals surface area contributed by atoms with E-state index >= 15 is 0 Å². The van der Waals surface area contributed by atoms with Gasteiger partial charge >= 0.3 is 0 Å². The van der Waals surface area contributed by atoms with Gasteiger partial charge in [0.2, 0.25) is 0 Å². The molecule has 0 aromatic heterocycles. The van der Waals surface area contributed by atoms with Crippen LogP contribution in [0.2, 0.25) is 0 Å². The second kappa shape index (κ2) is 9.35. The second-order valence-electron chi connectivity index (χ2n) is 10.7. The highest BCUT2D eigenvalue weighted by Crippen LogP contribution is 2.55. The molecule has 2 aromatic carbocycles.